The van der Waals surface area contributed by atoms with E-state index in [4.69, 9.17) is 0 Å². The first-order chi connectivity index (χ1) is 12.3. The molecular formula is C19H22N4O3. The molecule has 1 amide bonds. The Morgan fingerprint density at radius 1 is 1.31 bits per heavy atom. The molecule has 0 bridgehead atoms. The number of aromatic nitrogens is 3. The van der Waals surface area contributed by atoms with Crippen LogP contribution in [0, 0.1) is 20.8 Å². The standard InChI is InChI=1S/C19H22N4O3/c1-10-5-7-15(24)14(9-10)20-16(25)8-6-13-11(2)17-12(3)22-23(4)18(17)21-19(13)26/h5,7,9,24H,6,8H2,1-4H3,(H,20,25)(H,21,26). The van der Waals surface area contributed by atoms with Crippen LogP contribution in [0.3, 0.4) is 0 Å². The molecule has 0 aliphatic rings. The average molecular weight is 354 g/mol. The van der Waals surface area contributed by atoms with Gasteiger partial charge in [0.2, 0.25) is 5.91 Å². The van der Waals surface area contributed by atoms with Gasteiger partial charge in [-0.2, -0.15) is 5.10 Å². The SMILES string of the molecule is Cc1ccc(O)c(NC(=O)CCc2c(C)c3c(C)nn(C)c3[nH]c2=O)c1. The first-order valence-electron chi connectivity index (χ1n) is 8.42. The van der Waals surface area contributed by atoms with E-state index < -0.39 is 0 Å². The van der Waals surface area contributed by atoms with Crippen LogP contribution in [0.2, 0.25) is 0 Å². The Morgan fingerprint density at radius 2 is 2.04 bits per heavy atom. The summed E-state index contributed by atoms with van der Waals surface area (Å²) < 4.78 is 1.65. The summed E-state index contributed by atoms with van der Waals surface area (Å²) in [4.78, 5) is 27.5. The van der Waals surface area contributed by atoms with Crippen LogP contribution in [-0.4, -0.2) is 25.8 Å². The maximum absolute atomic E-state index is 12.4. The fraction of sp³-hybridized carbons (Fsp3) is 0.316. The van der Waals surface area contributed by atoms with Crippen molar-refractivity contribution >= 4 is 22.6 Å². The van der Waals surface area contributed by atoms with Crippen molar-refractivity contribution in [2.24, 2.45) is 7.05 Å². The number of aryl methyl sites for hydroxylation is 4. The minimum absolute atomic E-state index is 0.0189. The van der Waals surface area contributed by atoms with Crippen molar-refractivity contribution in [1.82, 2.24) is 14.8 Å². The number of carbonyl (C=O) groups excluding carboxylic acids is 1. The van der Waals surface area contributed by atoms with Gasteiger partial charge in [-0.25, -0.2) is 0 Å². The zero-order valence-electron chi connectivity index (χ0n) is 15.3. The van der Waals surface area contributed by atoms with Crippen LogP contribution in [0.4, 0.5) is 5.69 Å². The van der Waals surface area contributed by atoms with Crippen molar-refractivity contribution in [3.05, 3.63) is 50.9 Å². The second-order valence-corrected chi connectivity index (χ2v) is 6.56. The first-order valence-corrected chi connectivity index (χ1v) is 8.42. The zero-order chi connectivity index (χ0) is 19.0. The Bertz CT molecular complexity index is 1060. The Hall–Kier alpha value is -3.09. The minimum atomic E-state index is -0.257. The number of anilines is 1. The highest BCUT2D eigenvalue weighted by atomic mass is 16.3. The normalized spacial score (nSPS) is 11.1. The molecule has 26 heavy (non-hydrogen) atoms. The van der Waals surface area contributed by atoms with Crippen LogP contribution < -0.4 is 10.9 Å². The lowest BCUT2D eigenvalue weighted by Crippen LogP contribution is -2.19. The van der Waals surface area contributed by atoms with E-state index in [9.17, 15) is 14.7 Å². The molecule has 0 saturated carbocycles. The number of amides is 1. The highest BCUT2D eigenvalue weighted by molar-refractivity contribution is 5.92. The van der Waals surface area contributed by atoms with E-state index in [1.54, 1.807) is 29.9 Å². The molecule has 136 valence electrons. The molecule has 0 saturated heterocycles. The molecule has 7 heteroatoms. The van der Waals surface area contributed by atoms with E-state index in [1.807, 2.05) is 20.8 Å². The van der Waals surface area contributed by atoms with Crippen molar-refractivity contribution in [1.29, 1.82) is 0 Å². The lowest BCUT2D eigenvalue weighted by molar-refractivity contribution is -0.116. The van der Waals surface area contributed by atoms with Gasteiger partial charge in [0, 0.05) is 24.4 Å². The molecule has 0 aliphatic carbocycles. The largest absolute Gasteiger partial charge is 0.506 e. The Balaban J connectivity index is 1.81. The number of nitrogens with zero attached hydrogens (tertiary/aromatic N) is 2. The summed E-state index contributed by atoms with van der Waals surface area (Å²) in [5.41, 5.74) is 4.05. The van der Waals surface area contributed by atoms with Crippen molar-refractivity contribution in [2.45, 2.75) is 33.6 Å². The van der Waals surface area contributed by atoms with Crippen LogP contribution in [-0.2, 0) is 18.3 Å². The molecule has 3 N–H and O–H groups in total. The summed E-state index contributed by atoms with van der Waals surface area (Å²) >= 11 is 0. The molecule has 2 aromatic heterocycles. The smallest absolute Gasteiger partial charge is 0.253 e. The number of hydrogen-bond donors (Lipinski definition) is 3. The number of phenols is 1. The number of benzene rings is 1. The predicted molar refractivity (Wildman–Crippen MR) is 101 cm³/mol. The molecule has 0 fully saturated rings. The molecule has 7 nitrogen and oxygen atoms in total. The van der Waals surface area contributed by atoms with E-state index in [0.29, 0.717) is 23.3 Å². The van der Waals surface area contributed by atoms with Gasteiger partial charge in [-0.05, 0) is 50.5 Å². The molecular weight excluding hydrogens is 332 g/mol. The third kappa shape index (κ3) is 3.20. The summed E-state index contributed by atoms with van der Waals surface area (Å²) in [7, 11) is 1.78. The zero-order valence-corrected chi connectivity index (χ0v) is 15.3. The molecule has 3 aromatic rings. The highest BCUT2D eigenvalue weighted by Gasteiger charge is 2.16. The number of pyridine rings is 1. The summed E-state index contributed by atoms with van der Waals surface area (Å²) in [5.74, 6) is -0.238. The second kappa shape index (κ2) is 6.67. The van der Waals surface area contributed by atoms with Crippen molar-refractivity contribution < 1.29 is 9.90 Å². The molecule has 0 spiro atoms. The highest BCUT2D eigenvalue weighted by Crippen LogP contribution is 2.24. The molecule has 0 aliphatic heterocycles. The molecule has 3 rings (SSSR count). The third-order valence-corrected chi connectivity index (χ3v) is 4.58. The molecule has 0 atom stereocenters. The molecule has 2 heterocycles. The second-order valence-electron chi connectivity index (χ2n) is 6.56. The molecule has 0 unspecified atom stereocenters. The Kier molecular flexibility index (Phi) is 4.54. The summed E-state index contributed by atoms with van der Waals surface area (Å²) in [6.45, 7) is 5.65. The topological polar surface area (TPSA) is 100 Å². The Morgan fingerprint density at radius 3 is 2.77 bits per heavy atom. The van der Waals surface area contributed by atoms with Crippen LogP contribution in [0.5, 0.6) is 5.75 Å². The maximum atomic E-state index is 12.4. The van der Waals surface area contributed by atoms with E-state index in [0.717, 1.165) is 22.2 Å². The lowest BCUT2D eigenvalue weighted by Gasteiger charge is -2.09. The van der Waals surface area contributed by atoms with E-state index in [1.165, 1.54) is 0 Å². The van der Waals surface area contributed by atoms with Gasteiger partial charge < -0.3 is 15.4 Å². The predicted octanol–water partition coefficient (Wildman–Crippen LogP) is 2.46. The number of aromatic hydroxyl groups is 1. The number of hydrogen-bond acceptors (Lipinski definition) is 4. The Labute approximate surface area is 150 Å². The van der Waals surface area contributed by atoms with Gasteiger partial charge in [0.1, 0.15) is 11.4 Å². The summed E-state index contributed by atoms with van der Waals surface area (Å²) in [5, 5.41) is 17.8. The number of rotatable bonds is 4. The number of aromatic amines is 1. The number of nitrogens with one attached hydrogen (secondary N) is 2. The fourth-order valence-electron chi connectivity index (χ4n) is 3.26. The van der Waals surface area contributed by atoms with Crippen molar-refractivity contribution in [3.63, 3.8) is 0 Å². The van der Waals surface area contributed by atoms with Gasteiger partial charge in [0.05, 0.1) is 11.4 Å². The van der Waals surface area contributed by atoms with E-state index in [-0.39, 0.29) is 23.6 Å². The number of H-pyrrole nitrogens is 1. The van der Waals surface area contributed by atoms with Gasteiger partial charge in [-0.15, -0.1) is 0 Å². The van der Waals surface area contributed by atoms with Crippen molar-refractivity contribution in [3.8, 4) is 5.75 Å². The maximum Gasteiger partial charge on any atom is 0.253 e. The average Bonchev–Trinajstić information content (AvgIpc) is 2.84. The van der Waals surface area contributed by atoms with Crippen LogP contribution in [0.1, 0.15) is 28.8 Å². The molecule has 0 radical (unpaired) electrons. The van der Waals surface area contributed by atoms with Gasteiger partial charge in [0.25, 0.3) is 5.56 Å². The van der Waals surface area contributed by atoms with E-state index in [2.05, 4.69) is 15.4 Å². The minimum Gasteiger partial charge on any atom is -0.506 e. The van der Waals surface area contributed by atoms with Crippen LogP contribution >= 0.6 is 0 Å². The fourth-order valence-corrected chi connectivity index (χ4v) is 3.26. The third-order valence-electron chi connectivity index (χ3n) is 4.58. The number of fused-ring (bicyclic) bond motifs is 1. The van der Waals surface area contributed by atoms with Gasteiger partial charge in [0.15, 0.2) is 0 Å². The first kappa shape index (κ1) is 17.7. The van der Waals surface area contributed by atoms with Crippen LogP contribution in [0.25, 0.3) is 11.0 Å². The molecule has 1 aromatic carbocycles. The monoisotopic (exact) mass is 354 g/mol. The quantitative estimate of drug-likeness (QED) is 0.627. The lowest BCUT2D eigenvalue weighted by atomic mass is 10.0. The van der Waals surface area contributed by atoms with Gasteiger partial charge in [-0.3, -0.25) is 14.3 Å². The summed E-state index contributed by atoms with van der Waals surface area (Å²) in [6.07, 6.45) is 0.450. The number of carbonyl (C=O) groups is 1. The van der Waals surface area contributed by atoms with Crippen LogP contribution in [0.15, 0.2) is 23.0 Å². The van der Waals surface area contributed by atoms with Crippen molar-refractivity contribution in [2.75, 3.05) is 5.32 Å². The van der Waals surface area contributed by atoms with Gasteiger partial charge >= 0.3 is 0 Å². The summed E-state index contributed by atoms with van der Waals surface area (Å²) in [6, 6.07) is 5.01. The van der Waals surface area contributed by atoms with Gasteiger partial charge in [-0.1, -0.05) is 6.07 Å². The van der Waals surface area contributed by atoms with E-state index >= 15 is 0 Å². The number of phenolic OH excluding ortho intramolecular Hbond substituents is 1.